The van der Waals surface area contributed by atoms with Gasteiger partial charge in [-0.15, -0.1) is 0 Å². The van der Waals surface area contributed by atoms with E-state index in [1.165, 1.54) is 5.56 Å². The Bertz CT molecular complexity index is 418. The molecule has 0 fully saturated rings. The summed E-state index contributed by atoms with van der Waals surface area (Å²) < 4.78 is 1.79. The molecule has 2 N–H and O–H groups in total. The molecular weight excluding hydrogens is 164 g/mol. The molecule has 0 aliphatic carbocycles. The molecule has 0 aromatic carbocycles. The van der Waals surface area contributed by atoms with Gasteiger partial charge in [0.25, 0.3) is 0 Å². The number of aryl methyl sites for hydroxylation is 1. The first kappa shape index (κ1) is 8.19. The van der Waals surface area contributed by atoms with Crippen LogP contribution >= 0.6 is 0 Å². The van der Waals surface area contributed by atoms with E-state index in [9.17, 15) is 0 Å². The number of fused-ring (bicyclic) bond motifs is 1. The molecule has 0 aliphatic heterocycles. The highest BCUT2D eigenvalue weighted by molar-refractivity contribution is 5.38. The molecule has 4 heteroatoms. The highest BCUT2D eigenvalue weighted by Gasteiger charge is 2.01. The average molecular weight is 176 g/mol. The Balaban J connectivity index is 2.49. The summed E-state index contributed by atoms with van der Waals surface area (Å²) >= 11 is 0. The van der Waals surface area contributed by atoms with E-state index < -0.39 is 0 Å². The van der Waals surface area contributed by atoms with Crippen LogP contribution in [0.15, 0.2) is 18.3 Å². The van der Waals surface area contributed by atoms with Crippen LogP contribution < -0.4 is 5.73 Å². The molecule has 2 rings (SSSR count). The monoisotopic (exact) mass is 176 g/mol. The standard InChI is InChI=1S/C9H12N4/c1-7-2-3-9-11-8(4-5-10)12-13(9)6-7/h2-3,6H,4-5,10H2,1H3. The predicted octanol–water partition coefficient (Wildman–Crippen LogP) is 0.539. The zero-order valence-corrected chi connectivity index (χ0v) is 7.57. The van der Waals surface area contributed by atoms with Gasteiger partial charge >= 0.3 is 0 Å². The Morgan fingerprint density at radius 2 is 2.31 bits per heavy atom. The summed E-state index contributed by atoms with van der Waals surface area (Å²) in [7, 11) is 0. The molecule has 0 unspecified atom stereocenters. The summed E-state index contributed by atoms with van der Waals surface area (Å²) in [6.07, 6.45) is 2.70. The van der Waals surface area contributed by atoms with Gasteiger partial charge in [0.05, 0.1) is 0 Å². The molecule has 68 valence electrons. The fraction of sp³-hybridized carbons (Fsp3) is 0.333. The maximum absolute atomic E-state index is 5.42. The molecule has 0 saturated carbocycles. The van der Waals surface area contributed by atoms with E-state index in [2.05, 4.69) is 10.1 Å². The van der Waals surface area contributed by atoms with E-state index in [4.69, 9.17) is 5.73 Å². The summed E-state index contributed by atoms with van der Waals surface area (Å²) in [5, 5.41) is 4.29. The van der Waals surface area contributed by atoms with Crippen molar-refractivity contribution in [1.29, 1.82) is 0 Å². The molecule has 4 nitrogen and oxygen atoms in total. The molecule has 2 aromatic rings. The first-order chi connectivity index (χ1) is 6.29. The van der Waals surface area contributed by atoms with Crippen molar-refractivity contribution in [3.63, 3.8) is 0 Å². The normalized spacial score (nSPS) is 10.9. The number of nitrogens with two attached hydrogens (primary N) is 1. The topological polar surface area (TPSA) is 56.2 Å². The largest absolute Gasteiger partial charge is 0.330 e. The first-order valence-corrected chi connectivity index (χ1v) is 4.31. The maximum atomic E-state index is 5.42. The number of aromatic nitrogens is 3. The number of hydrogen-bond donors (Lipinski definition) is 1. The third-order valence-electron chi connectivity index (χ3n) is 1.89. The van der Waals surface area contributed by atoms with Gasteiger partial charge in [-0.25, -0.2) is 9.50 Å². The van der Waals surface area contributed by atoms with Crippen LogP contribution in [0.25, 0.3) is 5.65 Å². The molecule has 0 atom stereocenters. The lowest BCUT2D eigenvalue weighted by Gasteiger charge is -1.91. The van der Waals surface area contributed by atoms with Crippen molar-refractivity contribution >= 4 is 5.65 Å². The zero-order chi connectivity index (χ0) is 9.26. The maximum Gasteiger partial charge on any atom is 0.155 e. The van der Waals surface area contributed by atoms with E-state index in [-0.39, 0.29) is 0 Å². The highest BCUT2D eigenvalue weighted by Crippen LogP contribution is 2.03. The molecule has 0 amide bonds. The Morgan fingerprint density at radius 1 is 1.46 bits per heavy atom. The second-order valence-corrected chi connectivity index (χ2v) is 3.08. The van der Waals surface area contributed by atoms with Crippen molar-refractivity contribution in [1.82, 2.24) is 14.6 Å². The zero-order valence-electron chi connectivity index (χ0n) is 7.57. The minimum absolute atomic E-state index is 0.593. The molecule has 0 bridgehead atoms. The number of hydrogen-bond acceptors (Lipinski definition) is 3. The van der Waals surface area contributed by atoms with Crippen LogP contribution in [0, 0.1) is 6.92 Å². The van der Waals surface area contributed by atoms with Gasteiger partial charge in [0.2, 0.25) is 0 Å². The van der Waals surface area contributed by atoms with Gasteiger partial charge in [-0.05, 0) is 25.1 Å². The molecule has 2 aromatic heterocycles. The molecule has 0 spiro atoms. The van der Waals surface area contributed by atoms with Crippen molar-refractivity contribution in [3.05, 3.63) is 29.7 Å². The second-order valence-electron chi connectivity index (χ2n) is 3.08. The highest BCUT2D eigenvalue weighted by atomic mass is 15.3. The summed E-state index contributed by atoms with van der Waals surface area (Å²) in [5.74, 6) is 0.813. The van der Waals surface area contributed by atoms with E-state index in [1.54, 1.807) is 4.52 Å². The minimum Gasteiger partial charge on any atom is -0.330 e. The van der Waals surface area contributed by atoms with Crippen LogP contribution in [-0.4, -0.2) is 21.1 Å². The third kappa shape index (κ3) is 1.53. The van der Waals surface area contributed by atoms with Crippen molar-refractivity contribution in [2.24, 2.45) is 5.73 Å². The van der Waals surface area contributed by atoms with Crippen molar-refractivity contribution < 1.29 is 0 Å². The fourth-order valence-electron chi connectivity index (χ4n) is 1.27. The Kier molecular flexibility index (Phi) is 1.98. The van der Waals surface area contributed by atoms with Crippen LogP contribution in [0.5, 0.6) is 0 Å². The Labute approximate surface area is 76.4 Å². The van der Waals surface area contributed by atoms with Crippen LogP contribution in [0.2, 0.25) is 0 Å². The summed E-state index contributed by atoms with van der Waals surface area (Å²) in [4.78, 5) is 4.32. The van der Waals surface area contributed by atoms with Crippen LogP contribution in [0.1, 0.15) is 11.4 Å². The minimum atomic E-state index is 0.593. The quantitative estimate of drug-likeness (QED) is 0.726. The summed E-state index contributed by atoms with van der Waals surface area (Å²) in [5.41, 5.74) is 7.48. The van der Waals surface area contributed by atoms with Gasteiger partial charge in [-0.3, -0.25) is 0 Å². The lowest BCUT2D eigenvalue weighted by Crippen LogP contribution is -2.04. The van der Waals surface area contributed by atoms with E-state index >= 15 is 0 Å². The molecule has 0 aliphatic rings. The average Bonchev–Trinajstić information content (AvgIpc) is 2.46. The van der Waals surface area contributed by atoms with Crippen LogP contribution in [0.3, 0.4) is 0 Å². The second kappa shape index (κ2) is 3.14. The molecule has 13 heavy (non-hydrogen) atoms. The number of nitrogens with zero attached hydrogens (tertiary/aromatic N) is 3. The summed E-state index contributed by atoms with van der Waals surface area (Å²) in [6.45, 7) is 2.62. The van der Waals surface area contributed by atoms with E-state index in [1.807, 2.05) is 25.3 Å². The molecule has 0 radical (unpaired) electrons. The predicted molar refractivity (Wildman–Crippen MR) is 50.5 cm³/mol. The lowest BCUT2D eigenvalue weighted by atomic mass is 10.3. The SMILES string of the molecule is Cc1ccc2nc(CCN)nn2c1. The van der Waals surface area contributed by atoms with Crippen LogP contribution in [0.4, 0.5) is 0 Å². The van der Waals surface area contributed by atoms with Gasteiger partial charge < -0.3 is 5.73 Å². The Morgan fingerprint density at radius 3 is 3.08 bits per heavy atom. The smallest absolute Gasteiger partial charge is 0.155 e. The van der Waals surface area contributed by atoms with Gasteiger partial charge in [-0.2, -0.15) is 5.10 Å². The third-order valence-corrected chi connectivity index (χ3v) is 1.89. The fourth-order valence-corrected chi connectivity index (χ4v) is 1.27. The van der Waals surface area contributed by atoms with Gasteiger partial charge in [-0.1, -0.05) is 6.07 Å². The Hall–Kier alpha value is -1.42. The van der Waals surface area contributed by atoms with Gasteiger partial charge in [0, 0.05) is 12.6 Å². The lowest BCUT2D eigenvalue weighted by molar-refractivity contribution is 0.842. The number of pyridine rings is 1. The summed E-state index contributed by atoms with van der Waals surface area (Å²) in [6, 6.07) is 3.98. The number of rotatable bonds is 2. The van der Waals surface area contributed by atoms with Crippen molar-refractivity contribution in [2.75, 3.05) is 6.54 Å². The van der Waals surface area contributed by atoms with Gasteiger partial charge in [0.1, 0.15) is 0 Å². The first-order valence-electron chi connectivity index (χ1n) is 4.31. The van der Waals surface area contributed by atoms with Crippen LogP contribution in [-0.2, 0) is 6.42 Å². The van der Waals surface area contributed by atoms with E-state index in [0.717, 1.165) is 17.9 Å². The van der Waals surface area contributed by atoms with Gasteiger partial charge in [0.15, 0.2) is 11.5 Å². The van der Waals surface area contributed by atoms with Crippen molar-refractivity contribution in [2.45, 2.75) is 13.3 Å². The molecular formula is C9H12N4. The molecule has 2 heterocycles. The van der Waals surface area contributed by atoms with E-state index in [0.29, 0.717) is 6.54 Å². The molecule has 0 saturated heterocycles. The van der Waals surface area contributed by atoms with Crippen molar-refractivity contribution in [3.8, 4) is 0 Å².